The van der Waals surface area contributed by atoms with Crippen molar-refractivity contribution in [3.8, 4) is 0 Å². The highest BCUT2D eigenvalue weighted by Gasteiger charge is 2.20. The van der Waals surface area contributed by atoms with Crippen LogP contribution in [0.3, 0.4) is 0 Å². The number of hydrogen-bond donors (Lipinski definition) is 1. The van der Waals surface area contributed by atoms with Gasteiger partial charge in [0, 0.05) is 17.5 Å². The van der Waals surface area contributed by atoms with Gasteiger partial charge in [-0.3, -0.25) is 9.10 Å². The Morgan fingerprint density at radius 3 is 2.26 bits per heavy atom. The third-order valence-corrected chi connectivity index (χ3v) is 6.75. The molecule has 0 fully saturated rings. The van der Waals surface area contributed by atoms with Crippen molar-refractivity contribution in [2.75, 3.05) is 23.7 Å². The number of amides is 1. The van der Waals surface area contributed by atoms with E-state index in [-0.39, 0.29) is 12.5 Å². The average Bonchev–Trinajstić information content (AvgIpc) is 2.87. The van der Waals surface area contributed by atoms with E-state index in [9.17, 15) is 13.2 Å². The monoisotopic (exact) mass is 488 g/mol. The van der Waals surface area contributed by atoms with Crippen molar-refractivity contribution in [1.29, 1.82) is 0 Å². The maximum absolute atomic E-state index is 12.7. The number of nitrogens with one attached hydrogen (secondary N) is 1. The summed E-state index contributed by atoms with van der Waals surface area (Å²) in [6.07, 6.45) is 1.20. The van der Waals surface area contributed by atoms with Crippen LogP contribution in [0.5, 0.6) is 0 Å². The molecule has 0 aliphatic rings. The minimum atomic E-state index is -3.53. The van der Waals surface area contributed by atoms with Crippen LogP contribution in [0.2, 0.25) is 0 Å². The smallest absolute Gasteiger partial charge is 0.251 e. The van der Waals surface area contributed by atoms with Gasteiger partial charge in [0.2, 0.25) is 10.0 Å². The lowest BCUT2D eigenvalue weighted by molar-refractivity contribution is 0.0901. The number of hydrogen-bond acceptors (Lipinski definition) is 4. The second-order valence-electron chi connectivity index (χ2n) is 8.26. The number of sulfonamides is 1. The van der Waals surface area contributed by atoms with Gasteiger partial charge in [-0.1, -0.05) is 78.9 Å². The summed E-state index contributed by atoms with van der Waals surface area (Å²) in [5.41, 5.74) is 3.00. The Morgan fingerprint density at radius 2 is 1.51 bits per heavy atom. The summed E-state index contributed by atoms with van der Waals surface area (Å²) >= 11 is 0. The molecule has 0 atom stereocenters. The Labute approximate surface area is 206 Å². The number of rotatable bonds is 10. The lowest BCUT2D eigenvalue weighted by Crippen LogP contribution is -2.29. The number of ether oxygens (including phenoxy) is 1. The molecule has 0 spiro atoms. The number of carbonyl (C=O) groups is 1. The summed E-state index contributed by atoms with van der Waals surface area (Å²) in [6, 6.07) is 30.2. The molecule has 0 saturated heterocycles. The molecule has 0 aliphatic heterocycles. The topological polar surface area (TPSA) is 75.7 Å². The molecule has 0 heterocycles. The van der Waals surface area contributed by atoms with Crippen molar-refractivity contribution in [2.24, 2.45) is 0 Å². The van der Waals surface area contributed by atoms with Crippen LogP contribution in [-0.2, 0) is 27.9 Å². The fourth-order valence-electron chi connectivity index (χ4n) is 3.84. The van der Waals surface area contributed by atoms with Crippen LogP contribution >= 0.6 is 0 Å². The molecule has 4 rings (SSSR count). The summed E-state index contributed by atoms with van der Waals surface area (Å²) < 4.78 is 32.3. The molecule has 0 saturated carbocycles. The second-order valence-corrected chi connectivity index (χ2v) is 10.2. The lowest BCUT2D eigenvalue weighted by Gasteiger charge is -2.24. The highest BCUT2D eigenvalue weighted by atomic mass is 32.2. The maximum atomic E-state index is 12.7. The quantitative estimate of drug-likeness (QED) is 0.327. The minimum absolute atomic E-state index is 0.169. The van der Waals surface area contributed by atoms with Crippen molar-refractivity contribution in [1.82, 2.24) is 5.32 Å². The van der Waals surface area contributed by atoms with Gasteiger partial charge in [-0.15, -0.1) is 0 Å². The summed E-state index contributed by atoms with van der Waals surface area (Å²) in [5, 5.41) is 4.68. The molecule has 1 amide bonds. The first-order valence-corrected chi connectivity index (χ1v) is 13.2. The number of carbonyl (C=O) groups excluding carboxylic acids is 1. The number of benzene rings is 4. The predicted octanol–water partition coefficient (Wildman–Crippen LogP) is 4.75. The fraction of sp³-hybridized carbons (Fsp3) is 0.179. The molecule has 6 nitrogen and oxygen atoms in total. The normalized spacial score (nSPS) is 11.3. The number of nitrogens with zero attached hydrogens (tertiary/aromatic N) is 1. The van der Waals surface area contributed by atoms with E-state index in [1.807, 2.05) is 72.8 Å². The molecule has 35 heavy (non-hydrogen) atoms. The van der Waals surface area contributed by atoms with Crippen LogP contribution in [0.4, 0.5) is 5.69 Å². The van der Waals surface area contributed by atoms with Crippen LogP contribution in [0.15, 0.2) is 97.1 Å². The van der Waals surface area contributed by atoms with Gasteiger partial charge in [-0.2, -0.15) is 0 Å². The fourth-order valence-corrected chi connectivity index (χ4v) is 4.74. The van der Waals surface area contributed by atoms with Crippen LogP contribution in [0.25, 0.3) is 10.8 Å². The Morgan fingerprint density at radius 1 is 0.829 bits per heavy atom. The van der Waals surface area contributed by atoms with Gasteiger partial charge in [0.25, 0.3) is 5.91 Å². The molecule has 0 radical (unpaired) electrons. The molecule has 7 heteroatoms. The highest BCUT2D eigenvalue weighted by Crippen LogP contribution is 2.29. The largest absolute Gasteiger partial charge is 0.375 e. The molecule has 0 unspecified atom stereocenters. The van der Waals surface area contributed by atoms with Gasteiger partial charge in [-0.05, 0) is 34.7 Å². The van der Waals surface area contributed by atoms with Crippen molar-refractivity contribution >= 4 is 32.4 Å². The zero-order valence-corrected chi connectivity index (χ0v) is 20.4. The molecular formula is C28H28N2O4S. The molecular weight excluding hydrogens is 460 g/mol. The van der Waals surface area contributed by atoms with Crippen molar-refractivity contribution in [2.45, 2.75) is 13.2 Å². The second kappa shape index (κ2) is 11.2. The van der Waals surface area contributed by atoms with E-state index >= 15 is 0 Å². The first-order chi connectivity index (χ1) is 16.9. The van der Waals surface area contributed by atoms with Gasteiger partial charge in [-0.25, -0.2) is 8.42 Å². The van der Waals surface area contributed by atoms with E-state index in [1.54, 1.807) is 24.3 Å². The Balaban J connectivity index is 1.37. The van der Waals surface area contributed by atoms with Gasteiger partial charge in [0.1, 0.15) is 0 Å². The molecule has 0 aliphatic carbocycles. The molecule has 1 N–H and O–H groups in total. The van der Waals surface area contributed by atoms with E-state index in [4.69, 9.17) is 4.74 Å². The Bertz CT molecular complexity index is 1380. The molecule has 180 valence electrons. The van der Waals surface area contributed by atoms with Gasteiger partial charge >= 0.3 is 0 Å². The van der Waals surface area contributed by atoms with Gasteiger partial charge in [0.05, 0.1) is 31.7 Å². The van der Waals surface area contributed by atoms with Crippen LogP contribution in [-0.4, -0.2) is 33.7 Å². The average molecular weight is 489 g/mol. The maximum Gasteiger partial charge on any atom is 0.251 e. The van der Waals surface area contributed by atoms with Crippen LogP contribution in [0, 0.1) is 0 Å². The van der Waals surface area contributed by atoms with E-state index in [0.29, 0.717) is 31.0 Å². The lowest BCUT2D eigenvalue weighted by atomic mass is 10.1. The Kier molecular flexibility index (Phi) is 7.80. The van der Waals surface area contributed by atoms with Crippen molar-refractivity contribution < 1.29 is 17.9 Å². The molecule has 4 aromatic rings. The van der Waals surface area contributed by atoms with Crippen molar-refractivity contribution in [3.63, 3.8) is 0 Å². The third-order valence-electron chi connectivity index (χ3n) is 5.62. The predicted molar refractivity (Wildman–Crippen MR) is 140 cm³/mol. The third kappa shape index (κ3) is 6.47. The van der Waals surface area contributed by atoms with Crippen LogP contribution < -0.4 is 9.62 Å². The SMILES string of the molecule is CS(=O)(=O)N(Cc1ccc(C(=O)NCCOCc2ccccc2)cc1)c1cccc2ccccc12. The van der Waals surface area contributed by atoms with Crippen molar-refractivity contribution in [3.05, 3.63) is 114 Å². The van der Waals surface area contributed by atoms with E-state index in [1.165, 1.54) is 10.6 Å². The highest BCUT2D eigenvalue weighted by molar-refractivity contribution is 7.92. The minimum Gasteiger partial charge on any atom is -0.375 e. The molecule has 4 aromatic carbocycles. The van der Waals surface area contributed by atoms with E-state index in [2.05, 4.69) is 5.32 Å². The summed E-state index contributed by atoms with van der Waals surface area (Å²) in [5.74, 6) is -0.200. The summed E-state index contributed by atoms with van der Waals surface area (Å²) in [7, 11) is -3.53. The number of anilines is 1. The standard InChI is InChI=1S/C28H28N2O4S/c1-35(32,33)30(27-13-7-11-24-10-5-6-12-26(24)27)20-22-14-16-25(17-15-22)28(31)29-18-19-34-21-23-8-3-2-4-9-23/h2-17H,18-21H2,1H3,(H,29,31). The summed E-state index contributed by atoms with van der Waals surface area (Å²) in [6.45, 7) is 1.48. The summed E-state index contributed by atoms with van der Waals surface area (Å²) in [4.78, 5) is 12.5. The number of fused-ring (bicyclic) bond motifs is 1. The van der Waals surface area contributed by atoms with E-state index in [0.717, 1.165) is 21.9 Å². The first-order valence-electron chi connectivity index (χ1n) is 11.4. The van der Waals surface area contributed by atoms with Gasteiger partial charge < -0.3 is 10.1 Å². The zero-order chi connectivity index (χ0) is 24.7. The molecule has 0 aromatic heterocycles. The van der Waals surface area contributed by atoms with E-state index < -0.39 is 10.0 Å². The van der Waals surface area contributed by atoms with Crippen LogP contribution in [0.1, 0.15) is 21.5 Å². The Hall–Kier alpha value is -3.68. The van der Waals surface area contributed by atoms with Gasteiger partial charge in [0.15, 0.2) is 0 Å². The molecule has 0 bridgehead atoms. The first kappa shape index (κ1) is 24.4. The zero-order valence-electron chi connectivity index (χ0n) is 19.6.